The fourth-order valence-corrected chi connectivity index (χ4v) is 2.14. The van der Waals surface area contributed by atoms with Gasteiger partial charge in [0.15, 0.2) is 6.04 Å². The van der Waals surface area contributed by atoms with Crippen LogP contribution in [0, 0.1) is 17.1 Å². The van der Waals surface area contributed by atoms with Crippen molar-refractivity contribution in [2.75, 3.05) is 14.2 Å². The molecule has 0 saturated carbocycles. The van der Waals surface area contributed by atoms with E-state index in [1.807, 2.05) is 0 Å². The van der Waals surface area contributed by atoms with Crippen LogP contribution in [0.25, 0.3) is 0 Å². The number of halogens is 1. The summed E-state index contributed by atoms with van der Waals surface area (Å²) in [6.07, 6.45) is 0.309. The summed E-state index contributed by atoms with van der Waals surface area (Å²) in [4.78, 5) is 41.6. The maximum absolute atomic E-state index is 14.0. The first-order valence-corrected chi connectivity index (χ1v) is 9.04. The van der Waals surface area contributed by atoms with E-state index in [4.69, 9.17) is 14.7 Å². The van der Waals surface area contributed by atoms with E-state index in [0.29, 0.717) is 5.01 Å². The van der Waals surface area contributed by atoms with E-state index < -0.39 is 47.2 Å². The minimum atomic E-state index is -1.77. The Morgan fingerprint density at radius 2 is 1.87 bits per heavy atom. The molecular formula is C21H23FN4O5. The van der Waals surface area contributed by atoms with Crippen molar-refractivity contribution in [3.63, 3.8) is 0 Å². The van der Waals surface area contributed by atoms with Gasteiger partial charge in [0, 0.05) is 5.56 Å². The van der Waals surface area contributed by atoms with Crippen LogP contribution < -0.4 is 0 Å². The molecule has 0 aliphatic rings. The van der Waals surface area contributed by atoms with Crippen molar-refractivity contribution < 1.29 is 28.2 Å². The van der Waals surface area contributed by atoms with Gasteiger partial charge >= 0.3 is 11.9 Å². The van der Waals surface area contributed by atoms with Crippen LogP contribution >= 0.6 is 0 Å². The molecule has 0 saturated heterocycles. The second-order valence-corrected chi connectivity index (χ2v) is 7.06. The molecule has 1 rings (SSSR count). The molecule has 9 nitrogen and oxygen atoms in total. The topological polar surface area (TPSA) is 121 Å². The molecule has 0 N–H and O–H groups in total. The highest BCUT2D eigenvalue weighted by atomic mass is 19.1. The molecule has 1 unspecified atom stereocenters. The fourth-order valence-electron chi connectivity index (χ4n) is 2.14. The number of carbonyl (C=O) groups excluding carboxylic acids is 3. The highest BCUT2D eigenvalue weighted by Crippen LogP contribution is 2.16. The lowest BCUT2D eigenvalue weighted by atomic mass is 10.1. The van der Waals surface area contributed by atoms with E-state index in [1.165, 1.54) is 18.2 Å². The molecule has 10 heteroatoms. The monoisotopic (exact) mass is 430 g/mol. The van der Waals surface area contributed by atoms with Crippen molar-refractivity contribution in [3.8, 4) is 6.07 Å². The molecule has 0 spiro atoms. The number of hydrogen-bond donors (Lipinski definition) is 0. The summed E-state index contributed by atoms with van der Waals surface area (Å²) in [5.41, 5.74) is -1.15. The Morgan fingerprint density at radius 1 is 1.23 bits per heavy atom. The number of hydrogen-bond acceptors (Lipinski definition) is 8. The third kappa shape index (κ3) is 7.49. The minimum absolute atomic E-state index is 0.00725. The fraction of sp³-hybridized carbons (Fsp3) is 0.381. The second-order valence-electron chi connectivity index (χ2n) is 7.06. The Bertz CT molecular complexity index is 969. The first-order valence-electron chi connectivity index (χ1n) is 9.04. The predicted octanol–water partition coefficient (Wildman–Crippen LogP) is 2.01. The summed E-state index contributed by atoms with van der Waals surface area (Å²) in [6, 6.07) is 5.44. The number of rotatable bonds is 7. The Labute approximate surface area is 179 Å². The molecule has 0 aliphatic heterocycles. The van der Waals surface area contributed by atoms with Crippen molar-refractivity contribution in [3.05, 3.63) is 41.2 Å². The first kappa shape index (κ1) is 25.2. The Morgan fingerprint density at radius 3 is 2.39 bits per heavy atom. The summed E-state index contributed by atoms with van der Waals surface area (Å²) in [7, 11) is 2.11. The van der Waals surface area contributed by atoms with E-state index in [2.05, 4.69) is 16.0 Å². The number of nitriles is 1. The Hall–Kier alpha value is -3.83. The smallest absolute Gasteiger partial charge is 0.346 e. The number of esters is 2. The predicted molar refractivity (Wildman–Crippen MR) is 110 cm³/mol. The molecule has 164 valence electrons. The highest BCUT2D eigenvalue weighted by molar-refractivity contribution is 6.06. The lowest BCUT2D eigenvalue weighted by molar-refractivity contribution is -0.153. The molecule has 0 aromatic heterocycles. The zero-order chi connectivity index (χ0) is 23.6. The third-order valence-corrected chi connectivity index (χ3v) is 3.57. The van der Waals surface area contributed by atoms with Gasteiger partial charge in [-0.1, -0.05) is 18.2 Å². The number of carbonyl (C=O) groups is 3. The number of hydrazone groups is 1. The molecule has 0 heterocycles. The van der Waals surface area contributed by atoms with Crippen LogP contribution in [0.15, 0.2) is 39.9 Å². The van der Waals surface area contributed by atoms with Crippen molar-refractivity contribution in [1.29, 1.82) is 5.26 Å². The number of ether oxygens (including phenoxy) is 2. The van der Waals surface area contributed by atoms with Crippen molar-refractivity contribution in [2.45, 2.75) is 38.8 Å². The number of amides is 1. The highest BCUT2D eigenvalue weighted by Gasteiger charge is 2.38. The van der Waals surface area contributed by atoms with E-state index in [-0.39, 0.29) is 5.56 Å². The summed E-state index contributed by atoms with van der Waals surface area (Å²) < 4.78 is 23.4. The van der Waals surface area contributed by atoms with Gasteiger partial charge in [0.05, 0.1) is 32.0 Å². The Kier molecular flexibility index (Phi) is 9.25. The molecule has 0 aliphatic carbocycles. The molecule has 0 fully saturated rings. The van der Waals surface area contributed by atoms with Crippen molar-refractivity contribution >= 4 is 29.9 Å². The van der Waals surface area contributed by atoms with E-state index in [9.17, 15) is 18.8 Å². The first-order chi connectivity index (χ1) is 14.6. The van der Waals surface area contributed by atoms with E-state index in [0.717, 1.165) is 20.4 Å². The average Bonchev–Trinajstić information content (AvgIpc) is 2.72. The van der Waals surface area contributed by atoms with Gasteiger partial charge in [0.1, 0.15) is 17.8 Å². The van der Waals surface area contributed by atoms with Crippen LogP contribution in [0.2, 0.25) is 0 Å². The summed E-state index contributed by atoms with van der Waals surface area (Å²) in [5.74, 6) is -1.19. The van der Waals surface area contributed by atoms with Gasteiger partial charge in [-0.15, -0.1) is 0 Å². The molecule has 0 radical (unpaired) electrons. The van der Waals surface area contributed by atoms with Crippen LogP contribution in [0.4, 0.5) is 4.39 Å². The zero-order valence-corrected chi connectivity index (χ0v) is 17.9. The van der Waals surface area contributed by atoms with Gasteiger partial charge in [0.2, 0.25) is 0 Å². The maximum Gasteiger partial charge on any atom is 0.346 e. The quantitative estimate of drug-likeness (QED) is 0.282. The number of benzene rings is 1. The second kappa shape index (κ2) is 11.4. The largest absolute Gasteiger partial charge is 0.467 e. The lowest BCUT2D eigenvalue weighted by Crippen LogP contribution is -2.46. The van der Waals surface area contributed by atoms with Gasteiger partial charge in [-0.3, -0.25) is 4.79 Å². The molecule has 1 aromatic carbocycles. The summed E-state index contributed by atoms with van der Waals surface area (Å²) >= 11 is 0. The molecule has 1 atom stereocenters. The summed E-state index contributed by atoms with van der Waals surface area (Å²) in [6.45, 7) is 5.16. The van der Waals surface area contributed by atoms with Crippen LogP contribution in [-0.4, -0.2) is 60.7 Å². The molecule has 1 aromatic rings. The van der Waals surface area contributed by atoms with Crippen LogP contribution in [0.1, 0.15) is 32.8 Å². The lowest BCUT2D eigenvalue weighted by Gasteiger charge is -2.25. The van der Waals surface area contributed by atoms with E-state index in [1.54, 1.807) is 32.9 Å². The third-order valence-electron chi connectivity index (χ3n) is 3.57. The normalized spacial score (nSPS) is 11.6. The minimum Gasteiger partial charge on any atom is -0.467 e. The van der Waals surface area contributed by atoms with Gasteiger partial charge in [0.25, 0.3) is 5.91 Å². The van der Waals surface area contributed by atoms with E-state index >= 15 is 0 Å². The van der Waals surface area contributed by atoms with Gasteiger partial charge in [-0.05, 0) is 32.7 Å². The SMILES string of the molecule is COC(=O)C(=C=NC(C)(C)C)C(C(=O)OC)N(/N=C/c1ccccc1F)C(=O)CC#N. The standard InChI is InChI=1S/C21H23FN4O5/c1-21(2,3)24-13-15(19(28)30-4)18(20(29)31-5)26(17(27)10-11-23)25-12-14-8-6-7-9-16(14)22/h6-9,12,18H,10H2,1-5H3/b25-12+. The molecule has 31 heavy (non-hydrogen) atoms. The Balaban J connectivity index is 3.71. The van der Waals surface area contributed by atoms with Crippen molar-refractivity contribution in [1.82, 2.24) is 5.01 Å². The molecule has 1 amide bonds. The van der Waals surface area contributed by atoms with Crippen LogP contribution in [-0.2, 0) is 23.9 Å². The van der Waals surface area contributed by atoms with Crippen molar-refractivity contribution in [2.24, 2.45) is 10.1 Å². The average molecular weight is 430 g/mol. The molecular weight excluding hydrogens is 407 g/mol. The number of nitrogens with zero attached hydrogens (tertiary/aromatic N) is 4. The maximum atomic E-state index is 14.0. The van der Waals surface area contributed by atoms with Crippen LogP contribution in [0.3, 0.4) is 0 Å². The van der Waals surface area contributed by atoms with Crippen LogP contribution in [0.5, 0.6) is 0 Å². The number of methoxy groups -OCH3 is 2. The van der Waals surface area contributed by atoms with Gasteiger partial charge < -0.3 is 9.47 Å². The number of aliphatic imine (C=N–C) groups is 1. The van der Waals surface area contributed by atoms with Gasteiger partial charge in [-0.2, -0.15) is 10.4 Å². The summed E-state index contributed by atoms with van der Waals surface area (Å²) in [5, 5.41) is 13.4. The molecule has 0 bridgehead atoms. The zero-order valence-electron chi connectivity index (χ0n) is 17.9. The van der Waals surface area contributed by atoms with Gasteiger partial charge in [-0.25, -0.2) is 24.0 Å².